The molecule has 0 spiro atoms. The van der Waals surface area contributed by atoms with Crippen LogP contribution >= 0.6 is 0 Å². The van der Waals surface area contributed by atoms with Gasteiger partial charge in [0.15, 0.2) is 0 Å². The molecule has 20 heavy (non-hydrogen) atoms. The molecule has 1 aliphatic rings. The molecule has 2 nitrogen and oxygen atoms in total. The smallest absolute Gasteiger partial charge is 0.418 e. The Morgan fingerprint density at radius 3 is 2.45 bits per heavy atom. The summed E-state index contributed by atoms with van der Waals surface area (Å²) in [6, 6.07) is 4.10. The molecule has 0 radical (unpaired) electrons. The number of halogens is 3. The summed E-state index contributed by atoms with van der Waals surface area (Å²) in [4.78, 5) is 0. The zero-order chi connectivity index (χ0) is 14.8. The third-order valence-corrected chi connectivity index (χ3v) is 4.02. The predicted molar refractivity (Wildman–Crippen MR) is 73.0 cm³/mol. The second-order valence-corrected chi connectivity index (χ2v) is 5.39. The van der Waals surface area contributed by atoms with Crippen molar-refractivity contribution in [1.29, 1.82) is 0 Å². The Balaban J connectivity index is 2.21. The van der Waals surface area contributed by atoms with Gasteiger partial charge in [-0.05, 0) is 43.9 Å². The third kappa shape index (κ3) is 3.38. The summed E-state index contributed by atoms with van der Waals surface area (Å²) in [5.41, 5.74) is -0.528. The molecule has 5 heteroatoms. The zero-order valence-electron chi connectivity index (χ0n) is 11.8. The molecule has 0 aromatic heterocycles. The average Bonchev–Trinajstić information content (AvgIpc) is 2.91. The van der Waals surface area contributed by atoms with Crippen LogP contribution in [0.25, 0.3) is 0 Å². The number of benzene rings is 1. The van der Waals surface area contributed by atoms with Crippen LogP contribution in [0.5, 0.6) is 5.75 Å². The first-order valence-corrected chi connectivity index (χ1v) is 6.93. The highest BCUT2D eigenvalue weighted by molar-refractivity contribution is 5.56. The van der Waals surface area contributed by atoms with E-state index in [1.54, 1.807) is 6.07 Å². The van der Waals surface area contributed by atoms with Crippen LogP contribution < -0.4 is 10.1 Å². The van der Waals surface area contributed by atoms with E-state index in [-0.39, 0.29) is 17.5 Å². The topological polar surface area (TPSA) is 21.3 Å². The largest absolute Gasteiger partial charge is 0.497 e. The SMILES string of the molecule is COc1ccc(NC(C)C2CCCC2)c(C(F)(F)F)c1. The van der Waals surface area contributed by atoms with Crippen molar-refractivity contribution < 1.29 is 17.9 Å². The van der Waals surface area contributed by atoms with Crippen molar-refractivity contribution in [3.05, 3.63) is 23.8 Å². The standard InChI is InChI=1S/C15H20F3NO/c1-10(11-5-3-4-6-11)19-14-8-7-12(20-2)9-13(14)15(16,17)18/h7-11,19H,3-6H2,1-2H3. The summed E-state index contributed by atoms with van der Waals surface area (Å²) in [6.45, 7) is 1.96. The molecule has 1 aromatic rings. The summed E-state index contributed by atoms with van der Waals surface area (Å²) in [5, 5.41) is 3.03. The number of alkyl halides is 3. The quantitative estimate of drug-likeness (QED) is 0.866. The lowest BCUT2D eigenvalue weighted by Crippen LogP contribution is -2.25. The molecule has 1 aromatic carbocycles. The number of methoxy groups -OCH3 is 1. The van der Waals surface area contributed by atoms with Crippen LogP contribution in [0.4, 0.5) is 18.9 Å². The minimum atomic E-state index is -4.38. The van der Waals surface area contributed by atoms with Crippen molar-refractivity contribution in [3.8, 4) is 5.75 Å². The molecular formula is C15H20F3NO. The van der Waals surface area contributed by atoms with Gasteiger partial charge in [-0.2, -0.15) is 13.2 Å². The van der Waals surface area contributed by atoms with E-state index in [4.69, 9.17) is 4.74 Å². The van der Waals surface area contributed by atoms with Crippen LogP contribution in [-0.2, 0) is 6.18 Å². The van der Waals surface area contributed by atoms with E-state index in [1.165, 1.54) is 26.0 Å². The van der Waals surface area contributed by atoms with Gasteiger partial charge in [-0.1, -0.05) is 12.8 Å². The van der Waals surface area contributed by atoms with Gasteiger partial charge in [0.1, 0.15) is 5.75 Å². The van der Waals surface area contributed by atoms with Crippen molar-refractivity contribution in [1.82, 2.24) is 0 Å². The first-order chi connectivity index (χ1) is 9.41. The minimum absolute atomic E-state index is 0.0481. The number of hydrogen-bond donors (Lipinski definition) is 1. The van der Waals surface area contributed by atoms with Crippen molar-refractivity contribution in [2.45, 2.75) is 44.8 Å². The first kappa shape index (κ1) is 15.0. The van der Waals surface area contributed by atoms with E-state index in [0.29, 0.717) is 5.92 Å². The Labute approximate surface area is 117 Å². The number of anilines is 1. The second-order valence-electron chi connectivity index (χ2n) is 5.39. The van der Waals surface area contributed by atoms with Gasteiger partial charge in [0.05, 0.1) is 12.7 Å². The van der Waals surface area contributed by atoms with Gasteiger partial charge in [-0.3, -0.25) is 0 Å². The highest BCUT2D eigenvalue weighted by Gasteiger charge is 2.35. The van der Waals surface area contributed by atoms with Crippen molar-refractivity contribution in [2.24, 2.45) is 5.92 Å². The van der Waals surface area contributed by atoms with Crippen LogP contribution in [0.1, 0.15) is 38.2 Å². The van der Waals surface area contributed by atoms with E-state index < -0.39 is 11.7 Å². The summed E-state index contributed by atoms with van der Waals surface area (Å²) in [7, 11) is 1.36. The molecule has 0 heterocycles. The predicted octanol–water partition coefficient (Wildman–Crippen LogP) is 4.70. The minimum Gasteiger partial charge on any atom is -0.497 e. The van der Waals surface area contributed by atoms with Crippen LogP contribution in [0.2, 0.25) is 0 Å². The van der Waals surface area contributed by atoms with Crippen LogP contribution in [0.3, 0.4) is 0 Å². The van der Waals surface area contributed by atoms with Gasteiger partial charge in [0.25, 0.3) is 0 Å². The molecule has 1 unspecified atom stereocenters. The number of rotatable bonds is 4. The lowest BCUT2D eigenvalue weighted by molar-refractivity contribution is -0.137. The van der Waals surface area contributed by atoms with Gasteiger partial charge in [-0.25, -0.2) is 0 Å². The van der Waals surface area contributed by atoms with Gasteiger partial charge < -0.3 is 10.1 Å². The fourth-order valence-corrected chi connectivity index (χ4v) is 2.83. The molecule has 1 N–H and O–H groups in total. The summed E-state index contributed by atoms with van der Waals surface area (Å²) in [5.74, 6) is 0.676. The maximum Gasteiger partial charge on any atom is 0.418 e. The maximum absolute atomic E-state index is 13.1. The zero-order valence-corrected chi connectivity index (χ0v) is 11.8. The van der Waals surface area contributed by atoms with Gasteiger partial charge in [-0.15, -0.1) is 0 Å². The molecule has 2 rings (SSSR count). The van der Waals surface area contributed by atoms with E-state index >= 15 is 0 Å². The van der Waals surface area contributed by atoms with Gasteiger partial charge >= 0.3 is 6.18 Å². The maximum atomic E-state index is 13.1. The van der Waals surface area contributed by atoms with Crippen LogP contribution in [-0.4, -0.2) is 13.2 Å². The molecule has 1 aliphatic carbocycles. The molecule has 0 bridgehead atoms. The third-order valence-electron chi connectivity index (χ3n) is 4.02. The lowest BCUT2D eigenvalue weighted by Gasteiger charge is -2.24. The highest BCUT2D eigenvalue weighted by Crippen LogP contribution is 2.38. The average molecular weight is 287 g/mol. The summed E-state index contributed by atoms with van der Waals surface area (Å²) in [6.07, 6.45) is 0.139. The van der Waals surface area contributed by atoms with Crippen LogP contribution in [0, 0.1) is 5.92 Å². The Morgan fingerprint density at radius 2 is 1.90 bits per heavy atom. The van der Waals surface area contributed by atoms with Crippen molar-refractivity contribution in [2.75, 3.05) is 12.4 Å². The number of hydrogen-bond acceptors (Lipinski definition) is 2. The monoisotopic (exact) mass is 287 g/mol. The van der Waals surface area contributed by atoms with E-state index in [2.05, 4.69) is 5.32 Å². The summed E-state index contributed by atoms with van der Waals surface area (Å²) < 4.78 is 44.2. The molecular weight excluding hydrogens is 267 g/mol. The summed E-state index contributed by atoms with van der Waals surface area (Å²) >= 11 is 0. The highest BCUT2D eigenvalue weighted by atomic mass is 19.4. The van der Waals surface area contributed by atoms with Gasteiger partial charge in [0, 0.05) is 11.7 Å². The molecule has 1 saturated carbocycles. The van der Waals surface area contributed by atoms with E-state index in [0.717, 1.165) is 18.9 Å². The van der Waals surface area contributed by atoms with Crippen molar-refractivity contribution in [3.63, 3.8) is 0 Å². The molecule has 112 valence electrons. The normalized spacial score (nSPS) is 18.1. The molecule has 0 amide bonds. The first-order valence-electron chi connectivity index (χ1n) is 6.93. The Kier molecular flexibility index (Phi) is 4.45. The molecule has 1 fully saturated rings. The molecule has 1 atom stereocenters. The van der Waals surface area contributed by atoms with Crippen molar-refractivity contribution >= 4 is 5.69 Å². The fraction of sp³-hybridized carbons (Fsp3) is 0.600. The number of ether oxygens (including phenoxy) is 1. The van der Waals surface area contributed by atoms with E-state index in [1.807, 2.05) is 6.92 Å². The Morgan fingerprint density at radius 1 is 1.25 bits per heavy atom. The lowest BCUT2D eigenvalue weighted by atomic mass is 9.99. The molecule has 0 saturated heterocycles. The molecule has 0 aliphatic heterocycles. The van der Waals surface area contributed by atoms with E-state index in [9.17, 15) is 13.2 Å². The Hall–Kier alpha value is -1.39. The Bertz CT molecular complexity index is 453. The number of nitrogens with one attached hydrogen (secondary N) is 1. The second kappa shape index (κ2) is 5.94. The fourth-order valence-electron chi connectivity index (χ4n) is 2.83. The van der Waals surface area contributed by atoms with Gasteiger partial charge in [0.2, 0.25) is 0 Å². The van der Waals surface area contributed by atoms with Crippen LogP contribution in [0.15, 0.2) is 18.2 Å².